The Morgan fingerprint density at radius 3 is 2.81 bits per heavy atom. The van der Waals surface area contributed by atoms with Crippen LogP contribution >= 0.6 is 0 Å². The van der Waals surface area contributed by atoms with Gasteiger partial charge < -0.3 is 9.84 Å². The molecule has 2 aromatic rings. The molecule has 0 fully saturated rings. The summed E-state index contributed by atoms with van der Waals surface area (Å²) in [5.41, 5.74) is 4.33. The maximum atomic E-state index is 12.0. The van der Waals surface area contributed by atoms with Crippen LogP contribution in [0.3, 0.4) is 0 Å². The lowest BCUT2D eigenvalue weighted by Crippen LogP contribution is -2.18. The summed E-state index contributed by atoms with van der Waals surface area (Å²) in [5, 5.41) is 13.5. The van der Waals surface area contributed by atoms with Crippen molar-refractivity contribution in [1.82, 2.24) is 5.43 Å². The zero-order chi connectivity index (χ0) is 15.2. The zero-order valence-electron chi connectivity index (χ0n) is 11.8. The van der Waals surface area contributed by atoms with Gasteiger partial charge in [-0.15, -0.1) is 0 Å². The predicted molar refractivity (Wildman–Crippen MR) is 80.9 cm³/mol. The molecule has 0 unspecified atom stereocenters. The van der Waals surface area contributed by atoms with E-state index in [0.717, 1.165) is 5.56 Å². The highest BCUT2D eigenvalue weighted by Crippen LogP contribution is 2.17. The Kier molecular flexibility index (Phi) is 4.56. The van der Waals surface area contributed by atoms with Crippen molar-refractivity contribution in [3.05, 3.63) is 59.2 Å². The maximum absolute atomic E-state index is 12.0. The van der Waals surface area contributed by atoms with Crippen molar-refractivity contribution in [1.29, 1.82) is 0 Å². The molecule has 0 aliphatic heterocycles. The van der Waals surface area contributed by atoms with E-state index in [2.05, 4.69) is 10.5 Å². The van der Waals surface area contributed by atoms with E-state index in [4.69, 9.17) is 4.74 Å². The Labute approximate surface area is 122 Å². The van der Waals surface area contributed by atoms with Crippen LogP contribution in [-0.4, -0.2) is 24.3 Å². The lowest BCUT2D eigenvalue weighted by atomic mass is 10.1. The van der Waals surface area contributed by atoms with E-state index >= 15 is 0 Å². The van der Waals surface area contributed by atoms with Crippen LogP contribution in [0.2, 0.25) is 0 Å². The Morgan fingerprint density at radius 1 is 1.29 bits per heavy atom. The van der Waals surface area contributed by atoms with Gasteiger partial charge >= 0.3 is 0 Å². The molecule has 0 saturated carbocycles. The van der Waals surface area contributed by atoms with Gasteiger partial charge in [0.15, 0.2) is 0 Å². The van der Waals surface area contributed by atoms with E-state index in [9.17, 15) is 9.90 Å². The number of hydrogen-bond acceptors (Lipinski definition) is 4. The molecule has 21 heavy (non-hydrogen) atoms. The number of phenolic OH excluding ortho intramolecular Hbond substituents is 1. The number of nitrogens with zero attached hydrogens (tertiary/aromatic N) is 1. The molecule has 0 aliphatic carbocycles. The highest BCUT2D eigenvalue weighted by Gasteiger charge is 2.10. The number of ether oxygens (including phenoxy) is 1. The summed E-state index contributed by atoms with van der Waals surface area (Å²) in [4.78, 5) is 12.0. The number of hydrazone groups is 1. The largest absolute Gasteiger partial charge is 0.507 e. The fourth-order valence-electron chi connectivity index (χ4n) is 1.83. The predicted octanol–water partition coefficient (Wildman–Crippen LogP) is 2.47. The third-order valence-corrected chi connectivity index (χ3v) is 2.90. The summed E-state index contributed by atoms with van der Waals surface area (Å²) in [6, 6.07) is 12.0. The molecule has 1 amide bonds. The summed E-state index contributed by atoms with van der Waals surface area (Å²) in [7, 11) is 1.50. The smallest absolute Gasteiger partial charge is 0.275 e. The van der Waals surface area contributed by atoms with Crippen LogP contribution < -0.4 is 10.2 Å². The van der Waals surface area contributed by atoms with Gasteiger partial charge in [0.2, 0.25) is 0 Å². The summed E-state index contributed by atoms with van der Waals surface area (Å²) < 4.78 is 5.11. The van der Waals surface area contributed by atoms with Gasteiger partial charge in [0.1, 0.15) is 11.5 Å². The van der Waals surface area contributed by atoms with Crippen molar-refractivity contribution in [2.75, 3.05) is 7.11 Å². The highest BCUT2D eigenvalue weighted by atomic mass is 16.5. The topological polar surface area (TPSA) is 70.9 Å². The molecule has 0 spiro atoms. The number of rotatable bonds is 4. The summed E-state index contributed by atoms with van der Waals surface area (Å²) in [6.45, 7) is 1.91. The molecule has 0 saturated heterocycles. The minimum Gasteiger partial charge on any atom is -0.507 e. The molecular weight excluding hydrogens is 268 g/mol. The number of hydrogen-bond donors (Lipinski definition) is 2. The van der Waals surface area contributed by atoms with Crippen LogP contribution in [0.5, 0.6) is 11.5 Å². The van der Waals surface area contributed by atoms with Crippen molar-refractivity contribution < 1.29 is 14.6 Å². The van der Waals surface area contributed by atoms with E-state index < -0.39 is 0 Å². The van der Waals surface area contributed by atoms with E-state index in [-0.39, 0.29) is 11.7 Å². The molecule has 2 N–H and O–H groups in total. The average Bonchev–Trinajstić information content (AvgIpc) is 2.50. The first kappa shape index (κ1) is 14.6. The average molecular weight is 284 g/mol. The Bertz CT molecular complexity index is 681. The fraction of sp³-hybridized carbons (Fsp3) is 0.125. The first-order valence-electron chi connectivity index (χ1n) is 6.38. The Balaban J connectivity index is 2.10. The monoisotopic (exact) mass is 284 g/mol. The number of phenols is 1. The highest BCUT2D eigenvalue weighted by molar-refractivity contribution is 5.97. The van der Waals surface area contributed by atoms with Crippen molar-refractivity contribution in [3.8, 4) is 11.5 Å². The molecule has 2 rings (SSSR count). The summed E-state index contributed by atoms with van der Waals surface area (Å²) in [5.74, 6) is 0.204. The van der Waals surface area contributed by atoms with Gasteiger partial charge in [-0.2, -0.15) is 5.10 Å². The number of methoxy groups -OCH3 is 1. The van der Waals surface area contributed by atoms with Crippen LogP contribution in [0.15, 0.2) is 47.6 Å². The second-order valence-electron chi connectivity index (χ2n) is 4.46. The maximum Gasteiger partial charge on any atom is 0.275 e. The van der Waals surface area contributed by atoms with Crippen molar-refractivity contribution in [3.63, 3.8) is 0 Å². The van der Waals surface area contributed by atoms with Gasteiger partial charge in [-0.1, -0.05) is 23.8 Å². The standard InChI is InChI=1S/C16H16N2O3/c1-11-7-8-14(19)12(9-11)10-17-18-16(20)13-5-3-4-6-15(13)21-2/h3-10,19H,1-2H3,(H,18,20). The van der Waals surface area contributed by atoms with E-state index in [0.29, 0.717) is 16.9 Å². The first-order valence-corrected chi connectivity index (χ1v) is 6.38. The number of nitrogens with one attached hydrogen (secondary N) is 1. The second kappa shape index (κ2) is 6.56. The molecule has 0 aromatic heterocycles. The third-order valence-electron chi connectivity index (χ3n) is 2.90. The van der Waals surface area contributed by atoms with Gasteiger partial charge in [0.05, 0.1) is 18.9 Å². The number of carbonyl (C=O) groups is 1. The lowest BCUT2D eigenvalue weighted by Gasteiger charge is -2.06. The van der Waals surface area contributed by atoms with Crippen molar-refractivity contribution >= 4 is 12.1 Å². The van der Waals surface area contributed by atoms with Gasteiger partial charge in [0, 0.05) is 5.56 Å². The van der Waals surface area contributed by atoms with Crippen LogP contribution in [-0.2, 0) is 0 Å². The van der Waals surface area contributed by atoms with Crippen molar-refractivity contribution in [2.24, 2.45) is 5.10 Å². The zero-order valence-corrected chi connectivity index (χ0v) is 11.8. The number of amides is 1. The van der Waals surface area contributed by atoms with Gasteiger partial charge in [-0.3, -0.25) is 4.79 Å². The van der Waals surface area contributed by atoms with Crippen LogP contribution in [0.25, 0.3) is 0 Å². The van der Waals surface area contributed by atoms with Crippen molar-refractivity contribution in [2.45, 2.75) is 6.92 Å². The quantitative estimate of drug-likeness (QED) is 0.669. The van der Waals surface area contributed by atoms with Gasteiger partial charge in [-0.25, -0.2) is 5.43 Å². The number of aromatic hydroxyl groups is 1. The summed E-state index contributed by atoms with van der Waals surface area (Å²) >= 11 is 0. The fourth-order valence-corrected chi connectivity index (χ4v) is 1.83. The van der Waals surface area contributed by atoms with E-state index in [1.165, 1.54) is 13.3 Å². The molecule has 0 bridgehead atoms. The van der Waals surface area contributed by atoms with Gasteiger partial charge in [0.25, 0.3) is 5.91 Å². The van der Waals surface area contributed by atoms with Gasteiger partial charge in [-0.05, 0) is 31.2 Å². The molecule has 108 valence electrons. The Hall–Kier alpha value is -2.82. The molecule has 0 aliphatic rings. The van der Waals surface area contributed by atoms with Crippen LogP contribution in [0.1, 0.15) is 21.5 Å². The molecule has 5 heteroatoms. The molecule has 0 heterocycles. The summed E-state index contributed by atoms with van der Waals surface area (Å²) in [6.07, 6.45) is 1.40. The Morgan fingerprint density at radius 2 is 2.05 bits per heavy atom. The molecular formula is C16H16N2O3. The second-order valence-corrected chi connectivity index (χ2v) is 4.46. The number of benzene rings is 2. The minimum absolute atomic E-state index is 0.107. The lowest BCUT2D eigenvalue weighted by molar-refractivity contribution is 0.0952. The third kappa shape index (κ3) is 3.60. The number of carbonyl (C=O) groups excluding carboxylic acids is 1. The normalized spacial score (nSPS) is 10.6. The first-order chi connectivity index (χ1) is 10.1. The molecule has 2 aromatic carbocycles. The van der Waals surface area contributed by atoms with Crippen LogP contribution in [0.4, 0.5) is 0 Å². The molecule has 0 radical (unpaired) electrons. The minimum atomic E-state index is -0.379. The molecule has 0 atom stereocenters. The van der Waals surface area contributed by atoms with E-state index in [1.807, 2.05) is 6.92 Å². The van der Waals surface area contributed by atoms with E-state index in [1.54, 1.807) is 42.5 Å². The SMILES string of the molecule is COc1ccccc1C(=O)NN=Cc1cc(C)ccc1O. The van der Waals surface area contributed by atoms with Crippen LogP contribution in [0, 0.1) is 6.92 Å². The molecule has 5 nitrogen and oxygen atoms in total. The number of para-hydroxylation sites is 1. The number of aryl methyl sites for hydroxylation is 1.